The van der Waals surface area contributed by atoms with E-state index in [-0.39, 0.29) is 37.6 Å². The van der Waals surface area contributed by atoms with Crippen molar-refractivity contribution in [2.75, 3.05) is 13.6 Å². The van der Waals surface area contributed by atoms with E-state index in [1.165, 1.54) is 5.56 Å². The highest BCUT2D eigenvalue weighted by atomic mass is 16.7. The number of carbonyl (C=O) groups is 2. The first-order valence-corrected chi connectivity index (χ1v) is 13.7. The molecule has 1 aliphatic rings. The zero-order valence-electron chi connectivity index (χ0n) is 22.9. The Bertz CT molecular complexity index is 1220. The maximum absolute atomic E-state index is 12.0. The molecule has 0 aliphatic carbocycles. The number of carbonyl (C=O) groups excluding carboxylic acids is 1. The van der Waals surface area contributed by atoms with E-state index >= 15 is 0 Å². The third-order valence-electron chi connectivity index (χ3n) is 6.96. The van der Waals surface area contributed by atoms with E-state index in [4.69, 9.17) is 14.6 Å². The number of nitrogens with one attached hydrogen (secondary N) is 1. The van der Waals surface area contributed by atoms with Crippen LogP contribution < -0.4 is 5.32 Å². The number of benzene rings is 3. The number of carboxylic acids is 1. The number of nitrogens with zero attached hydrogens (tertiary/aromatic N) is 1. The molecule has 1 aliphatic heterocycles. The maximum Gasteiger partial charge on any atom is 0.303 e. The smallest absolute Gasteiger partial charge is 0.303 e. The van der Waals surface area contributed by atoms with Crippen molar-refractivity contribution in [1.29, 1.82) is 0 Å². The predicted octanol–water partition coefficient (Wildman–Crippen LogP) is 4.73. The van der Waals surface area contributed by atoms with E-state index in [1.807, 2.05) is 66.7 Å². The van der Waals surface area contributed by atoms with Gasteiger partial charge in [-0.25, -0.2) is 0 Å². The van der Waals surface area contributed by atoms with Gasteiger partial charge < -0.3 is 25.0 Å². The third-order valence-corrected chi connectivity index (χ3v) is 6.96. The first-order chi connectivity index (χ1) is 19.4. The predicted molar refractivity (Wildman–Crippen MR) is 151 cm³/mol. The average molecular weight is 547 g/mol. The molecule has 1 heterocycles. The summed E-state index contributed by atoms with van der Waals surface area (Å²) in [6.07, 6.45) is 0.438. The number of amides is 1. The zero-order valence-corrected chi connectivity index (χ0v) is 22.9. The number of aliphatic carboxylic acids is 1. The lowest BCUT2D eigenvalue weighted by Crippen LogP contribution is -2.37. The third kappa shape index (κ3) is 8.99. The molecule has 212 valence electrons. The molecule has 8 heteroatoms. The highest BCUT2D eigenvalue weighted by Crippen LogP contribution is 2.38. The Morgan fingerprint density at radius 3 is 2.23 bits per heavy atom. The van der Waals surface area contributed by atoms with Crippen molar-refractivity contribution in [2.45, 2.75) is 63.9 Å². The minimum absolute atomic E-state index is 0.000414. The lowest BCUT2D eigenvalue weighted by atomic mass is 9.99. The molecule has 40 heavy (non-hydrogen) atoms. The fourth-order valence-electron chi connectivity index (χ4n) is 4.82. The lowest BCUT2D eigenvalue weighted by Gasteiger charge is -2.38. The van der Waals surface area contributed by atoms with Crippen molar-refractivity contribution in [3.63, 3.8) is 0 Å². The van der Waals surface area contributed by atoms with E-state index < -0.39 is 12.3 Å². The van der Waals surface area contributed by atoms with Crippen molar-refractivity contribution in [3.8, 4) is 0 Å². The van der Waals surface area contributed by atoms with Crippen LogP contribution in [-0.4, -0.2) is 46.7 Å². The Balaban J connectivity index is 1.41. The van der Waals surface area contributed by atoms with Crippen molar-refractivity contribution in [2.24, 2.45) is 0 Å². The van der Waals surface area contributed by atoms with Crippen LogP contribution in [0.4, 0.5) is 0 Å². The van der Waals surface area contributed by atoms with E-state index in [1.54, 1.807) is 0 Å². The molecule has 1 saturated heterocycles. The van der Waals surface area contributed by atoms with Crippen LogP contribution in [0.1, 0.15) is 65.9 Å². The number of carboxylic acid groups (broad SMARTS) is 1. The number of likely N-dealkylation sites (N-methyl/N-ethyl adjacent to an activating group) is 1. The standard InChI is InChI=1S/C32H38N2O6/c1-34(20-24-6-3-2-4-7-24)21-28-18-29(26-14-12-25(22-35)13-15-26)40-32(39-28)27-16-10-23(11-17-27)19-33-30(36)8-5-9-31(37)38/h2-4,6-7,10-17,28-29,32,35H,5,8-9,18-22H2,1H3,(H,33,36)(H,37,38)/t28-,29+,32+/m0/s1. The fourth-order valence-corrected chi connectivity index (χ4v) is 4.82. The van der Waals surface area contributed by atoms with Crippen LogP contribution in [0.2, 0.25) is 0 Å². The van der Waals surface area contributed by atoms with Gasteiger partial charge in [-0.2, -0.15) is 0 Å². The summed E-state index contributed by atoms with van der Waals surface area (Å²) in [6.45, 7) is 1.93. The Morgan fingerprint density at radius 2 is 1.55 bits per heavy atom. The van der Waals surface area contributed by atoms with Crippen LogP contribution in [0.3, 0.4) is 0 Å². The second-order valence-corrected chi connectivity index (χ2v) is 10.3. The SMILES string of the molecule is CN(Cc1ccccc1)C[C@@H]1C[C@H](c2ccc(CO)cc2)O[C@H](c2ccc(CNC(=O)CCCC(=O)O)cc2)O1. The largest absolute Gasteiger partial charge is 0.481 e. The molecule has 0 radical (unpaired) electrons. The molecule has 3 N–H and O–H groups in total. The Labute approximate surface area is 235 Å². The molecule has 0 bridgehead atoms. The molecule has 3 atom stereocenters. The molecule has 0 aromatic heterocycles. The Morgan fingerprint density at radius 1 is 0.875 bits per heavy atom. The summed E-state index contributed by atoms with van der Waals surface area (Å²) in [4.78, 5) is 24.9. The van der Waals surface area contributed by atoms with Gasteiger partial charge in [0.2, 0.25) is 5.91 Å². The van der Waals surface area contributed by atoms with Crippen LogP contribution >= 0.6 is 0 Å². The second kappa shape index (κ2) is 14.7. The second-order valence-electron chi connectivity index (χ2n) is 10.3. The first kappa shape index (κ1) is 29.4. The van der Waals surface area contributed by atoms with Gasteiger partial charge in [0.15, 0.2) is 6.29 Å². The molecule has 8 nitrogen and oxygen atoms in total. The molecular formula is C32H38N2O6. The summed E-state index contributed by atoms with van der Waals surface area (Å²) in [5.74, 6) is -1.06. The molecule has 4 rings (SSSR count). The van der Waals surface area contributed by atoms with E-state index in [0.29, 0.717) is 19.4 Å². The topological polar surface area (TPSA) is 108 Å². The highest BCUT2D eigenvalue weighted by Gasteiger charge is 2.32. The molecule has 1 amide bonds. The van der Waals surface area contributed by atoms with Gasteiger partial charge in [0.1, 0.15) is 0 Å². The van der Waals surface area contributed by atoms with Gasteiger partial charge in [-0.3, -0.25) is 14.5 Å². The Hall–Kier alpha value is -3.56. The van der Waals surface area contributed by atoms with Crippen LogP contribution in [0, 0.1) is 0 Å². The van der Waals surface area contributed by atoms with Gasteiger partial charge in [-0.15, -0.1) is 0 Å². The molecule has 0 saturated carbocycles. The minimum atomic E-state index is -0.898. The molecule has 3 aromatic carbocycles. The van der Waals surface area contributed by atoms with Crippen molar-refractivity contribution < 1.29 is 29.3 Å². The summed E-state index contributed by atoms with van der Waals surface area (Å²) >= 11 is 0. The number of rotatable bonds is 13. The monoisotopic (exact) mass is 546 g/mol. The van der Waals surface area contributed by atoms with Crippen molar-refractivity contribution in [3.05, 3.63) is 107 Å². The van der Waals surface area contributed by atoms with Gasteiger partial charge in [0.25, 0.3) is 0 Å². The number of aliphatic hydroxyl groups excluding tert-OH is 1. The van der Waals surface area contributed by atoms with Crippen molar-refractivity contribution >= 4 is 11.9 Å². The number of aliphatic hydroxyl groups is 1. The number of hydrogen-bond acceptors (Lipinski definition) is 6. The molecule has 1 fully saturated rings. The first-order valence-electron chi connectivity index (χ1n) is 13.7. The number of ether oxygens (including phenoxy) is 2. The quantitative estimate of drug-likeness (QED) is 0.285. The average Bonchev–Trinajstić information content (AvgIpc) is 2.96. The summed E-state index contributed by atoms with van der Waals surface area (Å²) in [5, 5.41) is 21.0. The van der Waals surface area contributed by atoms with E-state index in [0.717, 1.165) is 35.3 Å². The highest BCUT2D eigenvalue weighted by molar-refractivity contribution is 5.76. The summed E-state index contributed by atoms with van der Waals surface area (Å²) in [5.41, 5.74) is 4.97. The zero-order chi connectivity index (χ0) is 28.3. The van der Waals surface area contributed by atoms with E-state index in [9.17, 15) is 14.7 Å². The molecule has 3 aromatic rings. The summed E-state index contributed by atoms with van der Waals surface area (Å²) < 4.78 is 12.9. The summed E-state index contributed by atoms with van der Waals surface area (Å²) in [7, 11) is 2.09. The normalized spacial score (nSPS) is 18.9. The van der Waals surface area contributed by atoms with Crippen LogP contribution in [0.5, 0.6) is 0 Å². The van der Waals surface area contributed by atoms with Gasteiger partial charge in [0.05, 0.1) is 18.8 Å². The summed E-state index contributed by atoms with van der Waals surface area (Å²) in [6, 6.07) is 26.0. The van der Waals surface area contributed by atoms with E-state index in [2.05, 4.69) is 29.4 Å². The fraction of sp³-hybridized carbons (Fsp3) is 0.375. The molecule has 0 unspecified atom stereocenters. The van der Waals surface area contributed by atoms with Gasteiger partial charge in [-0.05, 0) is 35.7 Å². The van der Waals surface area contributed by atoms with Crippen LogP contribution in [-0.2, 0) is 38.8 Å². The minimum Gasteiger partial charge on any atom is -0.481 e. The number of hydrogen-bond donors (Lipinski definition) is 3. The van der Waals surface area contributed by atoms with Gasteiger partial charge in [-0.1, -0.05) is 78.9 Å². The molecular weight excluding hydrogens is 508 g/mol. The lowest BCUT2D eigenvalue weighted by molar-refractivity contribution is -0.252. The maximum atomic E-state index is 12.0. The van der Waals surface area contributed by atoms with Crippen LogP contribution in [0.15, 0.2) is 78.9 Å². The van der Waals surface area contributed by atoms with Gasteiger partial charge in [0, 0.05) is 44.5 Å². The van der Waals surface area contributed by atoms with Crippen LogP contribution in [0.25, 0.3) is 0 Å². The molecule has 0 spiro atoms. The Kier molecular flexibility index (Phi) is 10.8. The van der Waals surface area contributed by atoms with Gasteiger partial charge >= 0.3 is 5.97 Å². The van der Waals surface area contributed by atoms with Crippen molar-refractivity contribution in [1.82, 2.24) is 10.2 Å².